The van der Waals surface area contributed by atoms with Crippen molar-refractivity contribution in [2.45, 2.75) is 13.3 Å². The van der Waals surface area contributed by atoms with E-state index in [1.165, 1.54) is 17.0 Å². The summed E-state index contributed by atoms with van der Waals surface area (Å²) in [4.78, 5) is 13.0. The molecule has 0 bridgehead atoms. The molecule has 0 unspecified atom stereocenters. The summed E-state index contributed by atoms with van der Waals surface area (Å²) in [5.41, 5.74) is 3.88. The quantitative estimate of drug-likeness (QED) is 0.333. The van der Waals surface area contributed by atoms with Crippen LogP contribution in [0.15, 0.2) is 23.3 Å². The summed E-state index contributed by atoms with van der Waals surface area (Å²) in [6.45, 7) is 4.28. The van der Waals surface area contributed by atoms with E-state index in [2.05, 4.69) is 20.7 Å². The monoisotopic (exact) mass is 360 g/mol. The van der Waals surface area contributed by atoms with Crippen molar-refractivity contribution in [1.82, 2.24) is 14.9 Å². The molecule has 0 saturated carbocycles. The number of nitrogens with one attached hydrogen (secondary N) is 1. The van der Waals surface area contributed by atoms with Crippen molar-refractivity contribution < 1.29 is 9.66 Å². The van der Waals surface area contributed by atoms with Gasteiger partial charge in [-0.2, -0.15) is 5.10 Å². The summed E-state index contributed by atoms with van der Waals surface area (Å²) in [5, 5.41) is 23.3. The molecule has 0 radical (unpaired) electrons. The SMILES string of the molecule is CCc1nnc(N/N=C\c2ccc(N3CCOCC3)c([N+](=O)[O-])c2)n1N. The Balaban J connectivity index is 1.76. The molecule has 1 saturated heterocycles. The van der Waals surface area contributed by atoms with Crippen LogP contribution in [0.4, 0.5) is 17.3 Å². The molecule has 26 heavy (non-hydrogen) atoms. The van der Waals surface area contributed by atoms with Crippen molar-refractivity contribution in [2.24, 2.45) is 5.10 Å². The molecule has 0 atom stereocenters. The van der Waals surface area contributed by atoms with Gasteiger partial charge in [-0.3, -0.25) is 10.1 Å². The van der Waals surface area contributed by atoms with Crippen LogP contribution in [0.2, 0.25) is 0 Å². The molecule has 1 aliphatic rings. The van der Waals surface area contributed by atoms with E-state index >= 15 is 0 Å². The molecule has 11 heteroatoms. The summed E-state index contributed by atoms with van der Waals surface area (Å²) >= 11 is 0. The fraction of sp³-hybridized carbons (Fsp3) is 0.400. The van der Waals surface area contributed by atoms with Crippen molar-refractivity contribution in [3.63, 3.8) is 0 Å². The molecule has 1 aromatic carbocycles. The van der Waals surface area contributed by atoms with Gasteiger partial charge >= 0.3 is 0 Å². The summed E-state index contributed by atoms with van der Waals surface area (Å²) in [6.07, 6.45) is 2.11. The number of nitrogen functional groups attached to an aromatic ring is 1. The van der Waals surface area contributed by atoms with Crippen LogP contribution in [0.25, 0.3) is 0 Å². The third-order valence-corrected chi connectivity index (χ3v) is 4.01. The number of ether oxygens (including phenoxy) is 1. The molecule has 3 rings (SSSR count). The minimum Gasteiger partial charge on any atom is -0.378 e. The standard InChI is InChI=1S/C15H20N8O3/c1-2-14-18-20-15(22(14)16)19-17-10-11-3-4-12(13(9-11)23(24)25)21-5-7-26-8-6-21/h3-4,9-10H,2,5-8,16H2,1H3,(H,19,20)/b17-10-. The second kappa shape index (κ2) is 7.78. The maximum atomic E-state index is 11.4. The molecule has 1 aliphatic heterocycles. The summed E-state index contributed by atoms with van der Waals surface area (Å²) < 4.78 is 6.60. The van der Waals surface area contributed by atoms with Crippen molar-refractivity contribution in [1.29, 1.82) is 0 Å². The van der Waals surface area contributed by atoms with E-state index in [1.807, 2.05) is 11.8 Å². The van der Waals surface area contributed by atoms with Gasteiger partial charge in [0.15, 0.2) is 5.82 Å². The largest absolute Gasteiger partial charge is 0.378 e. The fourth-order valence-electron chi connectivity index (χ4n) is 2.64. The van der Waals surface area contributed by atoms with Crippen LogP contribution < -0.4 is 16.2 Å². The van der Waals surface area contributed by atoms with Gasteiger partial charge in [-0.05, 0) is 6.07 Å². The van der Waals surface area contributed by atoms with Gasteiger partial charge in [0.2, 0.25) is 0 Å². The number of nitro groups is 1. The maximum absolute atomic E-state index is 11.4. The lowest BCUT2D eigenvalue weighted by Crippen LogP contribution is -2.36. The number of hydrazone groups is 1. The number of rotatable bonds is 6. The van der Waals surface area contributed by atoms with Gasteiger partial charge in [0.25, 0.3) is 11.6 Å². The van der Waals surface area contributed by atoms with Gasteiger partial charge in [-0.1, -0.05) is 13.0 Å². The summed E-state index contributed by atoms with van der Waals surface area (Å²) in [6, 6.07) is 4.99. The number of hydrogen-bond donors (Lipinski definition) is 2. The van der Waals surface area contributed by atoms with E-state index in [1.54, 1.807) is 12.1 Å². The Morgan fingerprint density at radius 3 is 2.85 bits per heavy atom. The number of anilines is 2. The lowest BCUT2D eigenvalue weighted by atomic mass is 10.1. The summed E-state index contributed by atoms with van der Waals surface area (Å²) in [5.74, 6) is 6.72. The molecule has 0 amide bonds. The topological polar surface area (TPSA) is 137 Å². The highest BCUT2D eigenvalue weighted by Crippen LogP contribution is 2.29. The highest BCUT2D eigenvalue weighted by molar-refractivity contribution is 5.83. The third-order valence-electron chi connectivity index (χ3n) is 4.01. The van der Waals surface area contributed by atoms with Crippen LogP contribution in [0.1, 0.15) is 18.3 Å². The maximum Gasteiger partial charge on any atom is 0.293 e. The number of nitrogens with zero attached hydrogens (tertiary/aromatic N) is 6. The van der Waals surface area contributed by atoms with Gasteiger partial charge in [0.1, 0.15) is 5.69 Å². The molecular formula is C15H20N8O3. The zero-order valence-electron chi connectivity index (χ0n) is 14.3. The lowest BCUT2D eigenvalue weighted by molar-refractivity contribution is -0.384. The van der Waals surface area contributed by atoms with E-state index in [9.17, 15) is 10.1 Å². The van der Waals surface area contributed by atoms with E-state index < -0.39 is 0 Å². The van der Waals surface area contributed by atoms with E-state index in [0.717, 1.165) is 0 Å². The predicted molar refractivity (Wildman–Crippen MR) is 96.9 cm³/mol. The number of benzene rings is 1. The van der Waals surface area contributed by atoms with Crippen LogP contribution in [0.3, 0.4) is 0 Å². The predicted octanol–water partition coefficient (Wildman–Crippen LogP) is 0.745. The highest BCUT2D eigenvalue weighted by atomic mass is 16.6. The Hall–Kier alpha value is -3.21. The second-order valence-electron chi connectivity index (χ2n) is 5.64. The van der Waals surface area contributed by atoms with Crippen LogP contribution in [-0.2, 0) is 11.2 Å². The van der Waals surface area contributed by atoms with Crippen molar-refractivity contribution >= 4 is 23.5 Å². The normalized spacial score (nSPS) is 14.7. The van der Waals surface area contributed by atoms with Gasteiger partial charge < -0.3 is 15.5 Å². The Morgan fingerprint density at radius 1 is 1.42 bits per heavy atom. The first kappa shape index (κ1) is 17.6. The van der Waals surface area contributed by atoms with Crippen LogP contribution in [0.5, 0.6) is 0 Å². The van der Waals surface area contributed by atoms with E-state index in [0.29, 0.717) is 49.8 Å². The Bertz CT molecular complexity index is 813. The minimum atomic E-state index is -0.389. The van der Waals surface area contributed by atoms with E-state index in [4.69, 9.17) is 10.6 Å². The lowest BCUT2D eigenvalue weighted by Gasteiger charge is -2.28. The second-order valence-corrected chi connectivity index (χ2v) is 5.64. The van der Waals surface area contributed by atoms with Crippen LogP contribution in [0, 0.1) is 10.1 Å². The molecule has 11 nitrogen and oxygen atoms in total. The Kier molecular flexibility index (Phi) is 5.27. The molecule has 2 aromatic rings. The van der Waals surface area contributed by atoms with Gasteiger partial charge in [-0.15, -0.1) is 10.2 Å². The third kappa shape index (κ3) is 3.72. The molecule has 138 valence electrons. The number of morpholine rings is 1. The number of hydrogen-bond acceptors (Lipinski definition) is 9. The van der Waals surface area contributed by atoms with Crippen LogP contribution >= 0.6 is 0 Å². The molecule has 2 heterocycles. The Labute approximate surface area is 149 Å². The molecule has 0 spiro atoms. The first-order valence-corrected chi connectivity index (χ1v) is 8.19. The van der Waals surface area contributed by atoms with Crippen molar-refractivity contribution in [2.75, 3.05) is 42.5 Å². The zero-order valence-corrected chi connectivity index (χ0v) is 14.3. The molecule has 3 N–H and O–H groups in total. The number of aromatic nitrogens is 3. The smallest absolute Gasteiger partial charge is 0.293 e. The average Bonchev–Trinajstić information content (AvgIpc) is 3.02. The number of nitrogens with two attached hydrogens (primary N) is 1. The van der Waals surface area contributed by atoms with E-state index in [-0.39, 0.29) is 16.6 Å². The first-order valence-electron chi connectivity index (χ1n) is 8.19. The zero-order chi connectivity index (χ0) is 18.5. The molecule has 0 aliphatic carbocycles. The van der Waals surface area contributed by atoms with Gasteiger partial charge in [0, 0.05) is 31.1 Å². The number of nitro benzene ring substituents is 1. The molecular weight excluding hydrogens is 340 g/mol. The highest BCUT2D eigenvalue weighted by Gasteiger charge is 2.21. The first-order chi connectivity index (χ1) is 12.6. The fourth-order valence-corrected chi connectivity index (χ4v) is 2.64. The molecule has 1 fully saturated rings. The van der Waals surface area contributed by atoms with Crippen molar-refractivity contribution in [3.8, 4) is 0 Å². The minimum absolute atomic E-state index is 0.0334. The summed E-state index contributed by atoms with van der Waals surface area (Å²) in [7, 11) is 0. The number of aryl methyl sites for hydroxylation is 1. The van der Waals surface area contributed by atoms with Crippen molar-refractivity contribution in [3.05, 3.63) is 39.7 Å². The van der Waals surface area contributed by atoms with Crippen LogP contribution in [-0.4, -0.2) is 52.3 Å². The average molecular weight is 360 g/mol. The van der Waals surface area contributed by atoms with Gasteiger partial charge in [-0.25, -0.2) is 10.1 Å². The Morgan fingerprint density at radius 2 is 2.19 bits per heavy atom. The van der Waals surface area contributed by atoms with Gasteiger partial charge in [0.05, 0.1) is 24.4 Å². The molecule has 1 aromatic heterocycles.